The summed E-state index contributed by atoms with van der Waals surface area (Å²) in [5, 5.41) is 11.4. The fourth-order valence-corrected chi connectivity index (χ4v) is 4.29. The van der Waals surface area contributed by atoms with Crippen molar-refractivity contribution < 1.29 is 33.6 Å². The highest BCUT2D eigenvalue weighted by molar-refractivity contribution is 7.46. The first-order chi connectivity index (χ1) is 15.1. The quantitative estimate of drug-likeness (QED) is 0.204. The largest absolute Gasteiger partial charge is 0.480 e. The minimum atomic E-state index is -4.89. The predicted octanol–water partition coefficient (Wildman–Crippen LogP) is 4.59. The third-order valence-electron chi connectivity index (χ3n) is 5.47. The van der Waals surface area contributed by atoms with Crippen molar-refractivity contribution in [3.8, 4) is 0 Å². The molecule has 0 aromatic rings. The highest BCUT2D eigenvalue weighted by atomic mass is 31.2. The highest BCUT2D eigenvalue weighted by Gasteiger charge is 2.32. The Hall–Kier alpha value is -2.25. The number of allylic oxidation sites excluding steroid dienone is 9. The van der Waals surface area contributed by atoms with E-state index in [4.69, 9.17) is 9.79 Å². The second-order valence-corrected chi connectivity index (χ2v) is 10.2. The molecule has 0 aromatic carbocycles. The summed E-state index contributed by atoms with van der Waals surface area (Å²) in [7, 11) is -4.89. The van der Waals surface area contributed by atoms with Crippen LogP contribution in [0.15, 0.2) is 58.7 Å². The minimum Gasteiger partial charge on any atom is -0.480 e. The Labute approximate surface area is 196 Å². The Kier molecular flexibility index (Phi) is 10.7. The molecule has 1 amide bonds. The van der Waals surface area contributed by atoms with E-state index >= 15 is 0 Å². The van der Waals surface area contributed by atoms with Crippen molar-refractivity contribution in [1.82, 2.24) is 5.32 Å². The fourth-order valence-electron chi connectivity index (χ4n) is 3.74. The van der Waals surface area contributed by atoms with Crippen molar-refractivity contribution in [3.63, 3.8) is 0 Å². The molecule has 0 saturated heterocycles. The van der Waals surface area contributed by atoms with Crippen molar-refractivity contribution in [3.05, 3.63) is 58.7 Å². The number of nitrogens with one attached hydrogen (secondary N) is 1. The molecule has 0 fully saturated rings. The van der Waals surface area contributed by atoms with Crippen molar-refractivity contribution in [2.75, 3.05) is 0 Å². The Morgan fingerprint density at radius 2 is 1.82 bits per heavy atom. The molecule has 2 atom stereocenters. The Morgan fingerprint density at radius 1 is 1.18 bits per heavy atom. The number of phosphoric ester groups is 1. The van der Waals surface area contributed by atoms with Gasteiger partial charge in [0, 0.05) is 6.08 Å². The van der Waals surface area contributed by atoms with Gasteiger partial charge in [-0.25, -0.2) is 9.36 Å². The van der Waals surface area contributed by atoms with Crippen LogP contribution in [0.1, 0.15) is 60.8 Å². The number of hydrogen-bond donors (Lipinski definition) is 4. The molecule has 0 bridgehead atoms. The Balaban J connectivity index is 2.79. The van der Waals surface area contributed by atoms with Gasteiger partial charge in [-0.3, -0.25) is 9.32 Å². The summed E-state index contributed by atoms with van der Waals surface area (Å²) in [6, 6.07) is -1.62. The van der Waals surface area contributed by atoms with Crippen LogP contribution in [0.5, 0.6) is 0 Å². The number of carbonyl (C=O) groups excluding carboxylic acids is 1. The lowest BCUT2D eigenvalue weighted by molar-refractivity contribution is -0.143. The van der Waals surface area contributed by atoms with Gasteiger partial charge in [-0.1, -0.05) is 55.4 Å². The second-order valence-electron chi connectivity index (χ2n) is 9.05. The number of amides is 1. The molecule has 4 N–H and O–H groups in total. The summed E-state index contributed by atoms with van der Waals surface area (Å²) in [5.41, 5.74) is 4.59. The lowest BCUT2D eigenvalue weighted by Gasteiger charge is -2.32. The van der Waals surface area contributed by atoms with Crippen LogP contribution in [-0.2, 0) is 18.7 Å². The average molecular weight is 482 g/mol. The lowest BCUT2D eigenvalue weighted by Crippen LogP contribution is -2.47. The van der Waals surface area contributed by atoms with E-state index in [1.165, 1.54) is 30.1 Å². The van der Waals surface area contributed by atoms with Gasteiger partial charge in [-0.15, -0.1) is 0 Å². The van der Waals surface area contributed by atoms with E-state index in [9.17, 15) is 19.3 Å². The summed E-state index contributed by atoms with van der Waals surface area (Å²) in [4.78, 5) is 41.2. The SMILES string of the molecule is CC(C=CC1=C(C)CCCC1(C)C)=CC=C/C(C)=C\C(=O)N[C@H](C(=O)O)[C@@H](C)OP(=O)(O)O. The number of rotatable bonds is 10. The lowest BCUT2D eigenvalue weighted by atomic mass is 9.72. The van der Waals surface area contributed by atoms with E-state index in [-0.39, 0.29) is 5.41 Å². The maximum Gasteiger partial charge on any atom is 0.469 e. The van der Waals surface area contributed by atoms with Gasteiger partial charge in [0.25, 0.3) is 0 Å². The van der Waals surface area contributed by atoms with E-state index in [2.05, 4.69) is 42.8 Å². The zero-order chi connectivity index (χ0) is 25.4. The molecule has 0 aromatic heterocycles. The molecular weight excluding hydrogens is 445 g/mol. The summed E-state index contributed by atoms with van der Waals surface area (Å²) in [6.07, 6.45) is 13.0. The molecule has 184 valence electrons. The first-order valence-corrected chi connectivity index (χ1v) is 12.3. The van der Waals surface area contributed by atoms with Crippen molar-refractivity contribution in [2.45, 2.75) is 73.0 Å². The van der Waals surface area contributed by atoms with Gasteiger partial charge >= 0.3 is 13.8 Å². The van der Waals surface area contributed by atoms with Gasteiger partial charge in [0.1, 0.15) is 0 Å². The zero-order valence-electron chi connectivity index (χ0n) is 20.2. The molecule has 0 saturated carbocycles. The normalized spacial score (nSPS) is 19.8. The number of carboxylic acid groups (broad SMARTS) is 1. The molecule has 33 heavy (non-hydrogen) atoms. The fraction of sp³-hybridized carbons (Fsp3) is 0.500. The van der Waals surface area contributed by atoms with Crippen molar-refractivity contribution in [1.29, 1.82) is 0 Å². The molecule has 1 aliphatic rings. The zero-order valence-corrected chi connectivity index (χ0v) is 21.1. The van der Waals surface area contributed by atoms with Gasteiger partial charge in [0.15, 0.2) is 6.04 Å². The number of phosphoric acid groups is 1. The topological polar surface area (TPSA) is 133 Å². The molecule has 0 spiro atoms. The third kappa shape index (κ3) is 10.5. The molecule has 1 aliphatic carbocycles. The highest BCUT2D eigenvalue weighted by Crippen LogP contribution is 2.41. The summed E-state index contributed by atoms with van der Waals surface area (Å²) in [5.74, 6) is -2.18. The van der Waals surface area contributed by atoms with Gasteiger partial charge in [-0.05, 0) is 63.5 Å². The monoisotopic (exact) mass is 481 g/mol. The van der Waals surface area contributed by atoms with Crippen LogP contribution in [0.25, 0.3) is 0 Å². The minimum absolute atomic E-state index is 0.170. The molecule has 0 radical (unpaired) electrons. The van der Waals surface area contributed by atoms with Crippen LogP contribution in [-0.4, -0.2) is 38.9 Å². The number of carboxylic acids is 1. The van der Waals surface area contributed by atoms with Crippen LogP contribution in [0.4, 0.5) is 0 Å². The van der Waals surface area contributed by atoms with Gasteiger partial charge in [0.05, 0.1) is 6.10 Å². The second kappa shape index (κ2) is 12.3. The maximum absolute atomic E-state index is 12.1. The summed E-state index contributed by atoms with van der Waals surface area (Å²) >= 11 is 0. The first kappa shape index (κ1) is 28.8. The van der Waals surface area contributed by atoms with Crippen molar-refractivity contribution in [2.24, 2.45) is 5.41 Å². The van der Waals surface area contributed by atoms with Crippen LogP contribution >= 0.6 is 7.82 Å². The van der Waals surface area contributed by atoms with E-state index in [0.717, 1.165) is 18.9 Å². The van der Waals surface area contributed by atoms with E-state index in [0.29, 0.717) is 5.57 Å². The van der Waals surface area contributed by atoms with Crippen LogP contribution < -0.4 is 5.32 Å². The Bertz CT molecular complexity index is 934. The number of carbonyl (C=O) groups is 2. The van der Waals surface area contributed by atoms with Crippen LogP contribution in [0.2, 0.25) is 0 Å². The standard InChI is InChI=1S/C24H36NO7P/c1-16(12-13-20-18(3)11-8-14-24(20,5)6)9-7-10-17(2)15-21(26)25-22(23(27)28)19(4)32-33(29,30)31/h7,9-10,12-13,15,19,22H,8,11,14H2,1-6H3,(H,25,26)(H,27,28)(H2,29,30,31)/b10-7?,13-12?,16-9?,17-15-/t19-,22+/m1/s1. The molecule has 0 heterocycles. The van der Waals surface area contributed by atoms with Gasteiger partial charge in [-0.2, -0.15) is 0 Å². The molecular formula is C24H36NO7P. The third-order valence-corrected chi connectivity index (χ3v) is 6.08. The molecule has 1 rings (SSSR count). The summed E-state index contributed by atoms with van der Waals surface area (Å²) in [6.45, 7) is 11.5. The molecule has 9 heteroatoms. The van der Waals surface area contributed by atoms with Gasteiger partial charge in [0.2, 0.25) is 5.91 Å². The average Bonchev–Trinajstić information content (AvgIpc) is 2.63. The van der Waals surface area contributed by atoms with Crippen LogP contribution in [0, 0.1) is 5.41 Å². The van der Waals surface area contributed by atoms with Crippen molar-refractivity contribution >= 4 is 19.7 Å². The van der Waals surface area contributed by atoms with Crippen LogP contribution in [0.3, 0.4) is 0 Å². The number of hydrogen-bond acceptors (Lipinski definition) is 4. The van der Waals surface area contributed by atoms with E-state index in [1.54, 1.807) is 19.1 Å². The van der Waals surface area contributed by atoms with E-state index in [1.807, 2.05) is 13.0 Å². The maximum atomic E-state index is 12.1. The first-order valence-electron chi connectivity index (χ1n) is 10.8. The molecule has 0 aliphatic heterocycles. The summed E-state index contributed by atoms with van der Waals surface area (Å²) < 4.78 is 15.3. The van der Waals surface area contributed by atoms with Gasteiger partial charge < -0.3 is 20.2 Å². The molecule has 0 unspecified atom stereocenters. The smallest absolute Gasteiger partial charge is 0.469 e. The molecule has 8 nitrogen and oxygen atoms in total. The number of aliphatic carboxylic acids is 1. The predicted molar refractivity (Wildman–Crippen MR) is 128 cm³/mol. The Morgan fingerprint density at radius 3 is 2.36 bits per heavy atom. The van der Waals surface area contributed by atoms with E-state index < -0.39 is 31.8 Å².